The fourth-order valence-electron chi connectivity index (χ4n) is 4.73. The van der Waals surface area contributed by atoms with Crippen LogP contribution in [-0.4, -0.2) is 38.8 Å². The standard InChI is InChI=1S/C23H28N2O3/c26-22(28-17-18-7-2-1-3-8-18)25-20-10-6-11-21(25)16-23(27,15-20)13-12-19-9-4-5-14-24-19/h1-5,7-9,14,20-21,27H,6,10-13,15-17H2. The normalized spacial score (nSPS) is 26.7. The fourth-order valence-corrected chi connectivity index (χ4v) is 4.73. The zero-order valence-corrected chi connectivity index (χ0v) is 16.2. The fraction of sp³-hybridized carbons (Fsp3) is 0.478. The van der Waals surface area contributed by atoms with Crippen molar-refractivity contribution in [1.82, 2.24) is 9.88 Å². The zero-order valence-electron chi connectivity index (χ0n) is 16.2. The number of ether oxygens (including phenoxy) is 1. The summed E-state index contributed by atoms with van der Waals surface area (Å²) in [6.07, 6.45) is 7.21. The molecular weight excluding hydrogens is 352 g/mol. The van der Waals surface area contributed by atoms with Gasteiger partial charge in [0.2, 0.25) is 0 Å². The maximum absolute atomic E-state index is 12.8. The Hall–Kier alpha value is -2.40. The largest absolute Gasteiger partial charge is 0.445 e. The molecule has 2 aliphatic heterocycles. The second-order valence-corrected chi connectivity index (χ2v) is 8.14. The number of hydrogen-bond donors (Lipinski definition) is 1. The van der Waals surface area contributed by atoms with E-state index in [2.05, 4.69) is 4.98 Å². The van der Waals surface area contributed by atoms with Gasteiger partial charge in [-0.05, 0) is 62.6 Å². The number of aromatic nitrogens is 1. The molecule has 0 radical (unpaired) electrons. The van der Waals surface area contributed by atoms with Crippen LogP contribution in [0.4, 0.5) is 4.79 Å². The van der Waals surface area contributed by atoms with E-state index in [1.54, 1.807) is 6.20 Å². The SMILES string of the molecule is O=C(OCc1ccccc1)N1C2CCCC1CC(O)(CCc1ccccn1)C2. The first kappa shape index (κ1) is 18.9. The molecule has 148 valence electrons. The van der Waals surface area contributed by atoms with Crippen LogP contribution in [0.5, 0.6) is 0 Å². The number of aryl methyl sites for hydroxylation is 1. The van der Waals surface area contributed by atoms with Crippen molar-refractivity contribution in [1.29, 1.82) is 0 Å². The Balaban J connectivity index is 1.38. The maximum Gasteiger partial charge on any atom is 0.410 e. The molecule has 1 aromatic carbocycles. The minimum Gasteiger partial charge on any atom is -0.445 e. The molecule has 2 unspecified atom stereocenters. The van der Waals surface area contributed by atoms with Crippen LogP contribution < -0.4 is 0 Å². The summed E-state index contributed by atoms with van der Waals surface area (Å²) in [7, 11) is 0. The number of nitrogens with zero attached hydrogens (tertiary/aromatic N) is 2. The van der Waals surface area contributed by atoms with Gasteiger partial charge in [-0.15, -0.1) is 0 Å². The van der Waals surface area contributed by atoms with Crippen LogP contribution in [-0.2, 0) is 17.8 Å². The molecule has 4 rings (SSSR count). The topological polar surface area (TPSA) is 62.7 Å². The van der Waals surface area contributed by atoms with Crippen LogP contribution in [0.2, 0.25) is 0 Å². The number of fused-ring (bicyclic) bond motifs is 2. The molecule has 2 atom stereocenters. The second kappa shape index (κ2) is 8.31. The third-order valence-electron chi connectivity index (χ3n) is 6.08. The van der Waals surface area contributed by atoms with E-state index in [0.717, 1.165) is 36.9 Å². The molecule has 28 heavy (non-hydrogen) atoms. The average Bonchev–Trinajstić information content (AvgIpc) is 2.71. The van der Waals surface area contributed by atoms with Gasteiger partial charge in [-0.2, -0.15) is 0 Å². The van der Waals surface area contributed by atoms with Crippen LogP contribution in [0.1, 0.15) is 49.8 Å². The van der Waals surface area contributed by atoms with Crippen molar-refractivity contribution in [3.8, 4) is 0 Å². The third-order valence-corrected chi connectivity index (χ3v) is 6.08. The van der Waals surface area contributed by atoms with Crippen molar-refractivity contribution in [2.75, 3.05) is 0 Å². The van der Waals surface area contributed by atoms with Crippen molar-refractivity contribution in [2.24, 2.45) is 0 Å². The van der Waals surface area contributed by atoms with Gasteiger partial charge in [0, 0.05) is 24.0 Å². The van der Waals surface area contributed by atoms with Gasteiger partial charge in [-0.1, -0.05) is 36.4 Å². The van der Waals surface area contributed by atoms with E-state index in [-0.39, 0.29) is 18.2 Å². The second-order valence-electron chi connectivity index (χ2n) is 8.14. The Labute approximate surface area is 166 Å². The van der Waals surface area contributed by atoms with Crippen LogP contribution >= 0.6 is 0 Å². The van der Waals surface area contributed by atoms with E-state index >= 15 is 0 Å². The Bertz CT molecular complexity index is 767. The zero-order chi connectivity index (χ0) is 19.4. The highest BCUT2D eigenvalue weighted by molar-refractivity contribution is 5.69. The van der Waals surface area contributed by atoms with Gasteiger partial charge in [-0.25, -0.2) is 4.79 Å². The van der Waals surface area contributed by atoms with E-state index in [1.165, 1.54) is 0 Å². The van der Waals surface area contributed by atoms with E-state index < -0.39 is 5.60 Å². The lowest BCUT2D eigenvalue weighted by atomic mass is 9.73. The van der Waals surface area contributed by atoms with Crippen LogP contribution in [0.25, 0.3) is 0 Å². The van der Waals surface area contributed by atoms with Crippen LogP contribution in [0.3, 0.4) is 0 Å². The number of rotatable bonds is 5. The van der Waals surface area contributed by atoms with Gasteiger partial charge in [0.1, 0.15) is 6.61 Å². The number of pyridine rings is 1. The summed E-state index contributed by atoms with van der Waals surface area (Å²) in [4.78, 5) is 19.1. The van der Waals surface area contributed by atoms with Crippen molar-refractivity contribution in [2.45, 2.75) is 69.2 Å². The first-order chi connectivity index (χ1) is 13.6. The molecule has 2 saturated heterocycles. The van der Waals surface area contributed by atoms with Crippen molar-refractivity contribution < 1.29 is 14.6 Å². The van der Waals surface area contributed by atoms with Crippen molar-refractivity contribution in [3.63, 3.8) is 0 Å². The van der Waals surface area contributed by atoms with Crippen molar-refractivity contribution >= 4 is 6.09 Å². The number of amides is 1. The Morgan fingerprint density at radius 1 is 1.11 bits per heavy atom. The molecule has 1 amide bonds. The Morgan fingerprint density at radius 3 is 2.50 bits per heavy atom. The lowest BCUT2D eigenvalue weighted by molar-refractivity contribution is -0.0888. The van der Waals surface area contributed by atoms with Crippen LogP contribution in [0, 0.1) is 0 Å². The number of hydrogen-bond acceptors (Lipinski definition) is 4. The summed E-state index contributed by atoms with van der Waals surface area (Å²) >= 11 is 0. The highest BCUT2D eigenvalue weighted by Gasteiger charge is 2.47. The van der Waals surface area contributed by atoms with Gasteiger partial charge < -0.3 is 14.7 Å². The van der Waals surface area contributed by atoms with E-state index in [0.29, 0.717) is 25.9 Å². The first-order valence-corrected chi connectivity index (χ1v) is 10.2. The third kappa shape index (κ3) is 4.36. The molecule has 1 aromatic heterocycles. The summed E-state index contributed by atoms with van der Waals surface area (Å²) in [6, 6.07) is 15.8. The number of benzene rings is 1. The molecule has 2 aromatic rings. The summed E-state index contributed by atoms with van der Waals surface area (Å²) < 4.78 is 5.60. The van der Waals surface area contributed by atoms with E-state index in [9.17, 15) is 9.90 Å². The Morgan fingerprint density at radius 2 is 1.82 bits per heavy atom. The molecule has 2 aliphatic rings. The quantitative estimate of drug-likeness (QED) is 0.848. The molecule has 1 N–H and O–H groups in total. The minimum absolute atomic E-state index is 0.0597. The van der Waals surface area contributed by atoms with Gasteiger partial charge >= 0.3 is 6.09 Å². The first-order valence-electron chi connectivity index (χ1n) is 10.2. The summed E-state index contributed by atoms with van der Waals surface area (Å²) in [5, 5.41) is 11.2. The molecule has 5 heteroatoms. The summed E-state index contributed by atoms with van der Waals surface area (Å²) in [5.41, 5.74) is 1.26. The molecule has 0 spiro atoms. The van der Waals surface area contributed by atoms with Gasteiger partial charge in [0.25, 0.3) is 0 Å². The maximum atomic E-state index is 12.8. The van der Waals surface area contributed by atoms with Crippen LogP contribution in [0.15, 0.2) is 54.7 Å². The minimum atomic E-state index is -0.733. The average molecular weight is 380 g/mol. The number of piperidine rings is 2. The number of aliphatic hydroxyl groups is 1. The molecule has 5 nitrogen and oxygen atoms in total. The van der Waals surface area contributed by atoms with Crippen molar-refractivity contribution in [3.05, 3.63) is 66.0 Å². The molecule has 2 fully saturated rings. The smallest absolute Gasteiger partial charge is 0.410 e. The monoisotopic (exact) mass is 380 g/mol. The van der Waals surface area contributed by atoms with Gasteiger partial charge in [-0.3, -0.25) is 4.98 Å². The van der Waals surface area contributed by atoms with E-state index in [1.807, 2.05) is 53.4 Å². The highest BCUT2D eigenvalue weighted by atomic mass is 16.6. The molecular formula is C23H28N2O3. The predicted octanol–water partition coefficient (Wildman–Crippen LogP) is 4.10. The molecule has 0 aliphatic carbocycles. The lowest BCUT2D eigenvalue weighted by Gasteiger charge is -2.51. The Kier molecular flexibility index (Phi) is 5.62. The molecule has 2 bridgehead atoms. The molecule has 0 saturated carbocycles. The van der Waals surface area contributed by atoms with Gasteiger partial charge in [0.05, 0.1) is 5.60 Å². The predicted molar refractivity (Wildman–Crippen MR) is 107 cm³/mol. The lowest BCUT2D eigenvalue weighted by Crippen LogP contribution is -2.60. The summed E-state index contributed by atoms with van der Waals surface area (Å²) in [6.45, 7) is 0.291. The van der Waals surface area contributed by atoms with E-state index in [4.69, 9.17) is 4.74 Å². The highest BCUT2D eigenvalue weighted by Crippen LogP contribution is 2.41. The number of carbonyl (C=O) groups excluding carboxylic acids is 1. The number of carbonyl (C=O) groups is 1. The van der Waals surface area contributed by atoms with Gasteiger partial charge in [0.15, 0.2) is 0 Å². The summed E-state index contributed by atoms with van der Waals surface area (Å²) in [5.74, 6) is 0. The molecule has 3 heterocycles.